The average molecular weight is 378 g/mol. The quantitative estimate of drug-likeness (QED) is 0.728. The molecule has 1 atom stereocenters. The minimum Gasteiger partial charge on any atom is -0.482 e. The Morgan fingerprint density at radius 1 is 1.33 bits per heavy atom. The average Bonchev–Trinajstić information content (AvgIpc) is 2.54. The molecule has 2 amide bonds. The molecule has 24 heavy (non-hydrogen) atoms. The molecule has 6 nitrogen and oxygen atoms in total. The highest BCUT2D eigenvalue weighted by molar-refractivity contribution is 6.32. The summed E-state index contributed by atoms with van der Waals surface area (Å²) in [5.41, 5.74) is 6.01. The number of halogens is 2. The lowest BCUT2D eigenvalue weighted by Crippen LogP contribution is -2.34. The Hall–Kier alpha value is -1.50. The summed E-state index contributed by atoms with van der Waals surface area (Å²) in [4.78, 5) is 25.4. The van der Waals surface area contributed by atoms with Crippen molar-refractivity contribution < 1.29 is 14.3 Å². The molecule has 0 saturated carbocycles. The highest BCUT2D eigenvalue weighted by Gasteiger charge is 2.14. The number of carbonyl (C=O) groups excluding carboxylic acids is 2. The predicted octanol–water partition coefficient (Wildman–Crippen LogP) is 2.54. The number of carbonyl (C=O) groups is 2. The Balaban J connectivity index is 0.00000529. The number of nitrogens with one attached hydrogen (secondary N) is 1. The monoisotopic (exact) mass is 377 g/mol. The molecule has 1 rings (SSSR count). The fourth-order valence-electron chi connectivity index (χ4n) is 1.88. The van der Waals surface area contributed by atoms with Crippen LogP contribution in [0.3, 0.4) is 0 Å². The molecule has 0 aliphatic carbocycles. The molecule has 1 aromatic rings. The van der Waals surface area contributed by atoms with Gasteiger partial charge in [0, 0.05) is 31.2 Å². The molecule has 0 radical (unpaired) electrons. The third-order valence-electron chi connectivity index (χ3n) is 3.47. The normalized spacial score (nSPS) is 11.2. The number of hydrogen-bond donors (Lipinski definition) is 2. The number of hydrogen-bond acceptors (Lipinski definition) is 4. The zero-order chi connectivity index (χ0) is 17.4. The Kier molecular flexibility index (Phi) is 10.4. The second-order valence-electron chi connectivity index (χ2n) is 5.13. The van der Waals surface area contributed by atoms with Crippen molar-refractivity contribution in [1.29, 1.82) is 0 Å². The van der Waals surface area contributed by atoms with Crippen LogP contribution in [0.2, 0.25) is 5.02 Å². The van der Waals surface area contributed by atoms with E-state index in [4.69, 9.17) is 22.1 Å². The van der Waals surface area contributed by atoms with Gasteiger partial charge in [-0.2, -0.15) is 0 Å². The van der Waals surface area contributed by atoms with Crippen molar-refractivity contribution in [3.05, 3.63) is 23.2 Å². The summed E-state index contributed by atoms with van der Waals surface area (Å²) in [7, 11) is 0. The largest absolute Gasteiger partial charge is 0.482 e. The third-order valence-corrected chi connectivity index (χ3v) is 3.76. The standard InChI is InChI=1S/C16H24ClN3O3.ClH/c1-4-20(5-2)15(21)10-23-14-7-6-12(8-13(14)17)19-16(22)11(3)9-18;/h6-8,11H,4-5,9-10,18H2,1-3H3,(H,19,22);1H. The predicted molar refractivity (Wildman–Crippen MR) is 99.0 cm³/mol. The van der Waals surface area contributed by atoms with Gasteiger partial charge < -0.3 is 20.7 Å². The second-order valence-corrected chi connectivity index (χ2v) is 5.53. The van der Waals surface area contributed by atoms with Crippen molar-refractivity contribution in [1.82, 2.24) is 4.90 Å². The molecule has 0 saturated heterocycles. The molecule has 3 N–H and O–H groups in total. The van der Waals surface area contributed by atoms with Crippen molar-refractivity contribution in [3.63, 3.8) is 0 Å². The molecule has 0 aromatic heterocycles. The van der Waals surface area contributed by atoms with E-state index in [2.05, 4.69) is 5.32 Å². The first kappa shape index (κ1) is 22.5. The summed E-state index contributed by atoms with van der Waals surface area (Å²) in [6.07, 6.45) is 0. The van der Waals surface area contributed by atoms with E-state index in [1.807, 2.05) is 13.8 Å². The maximum absolute atomic E-state index is 11.9. The number of likely N-dealkylation sites (N-methyl/N-ethyl adjacent to an activating group) is 1. The summed E-state index contributed by atoms with van der Waals surface area (Å²) in [5, 5.41) is 3.06. The van der Waals surface area contributed by atoms with E-state index < -0.39 is 0 Å². The van der Waals surface area contributed by atoms with Crippen LogP contribution in [0.1, 0.15) is 20.8 Å². The highest BCUT2D eigenvalue weighted by atomic mass is 35.5. The number of rotatable bonds is 8. The summed E-state index contributed by atoms with van der Waals surface area (Å²) >= 11 is 6.13. The molecule has 0 heterocycles. The van der Waals surface area contributed by atoms with Gasteiger partial charge in [0.1, 0.15) is 5.75 Å². The number of benzene rings is 1. The second kappa shape index (κ2) is 11.1. The first-order chi connectivity index (χ1) is 10.9. The third kappa shape index (κ3) is 6.55. The van der Waals surface area contributed by atoms with Gasteiger partial charge in [0.2, 0.25) is 5.91 Å². The zero-order valence-corrected chi connectivity index (χ0v) is 15.7. The fraction of sp³-hybridized carbons (Fsp3) is 0.500. The lowest BCUT2D eigenvalue weighted by Gasteiger charge is -2.19. The smallest absolute Gasteiger partial charge is 0.260 e. The van der Waals surface area contributed by atoms with Crippen molar-refractivity contribution in [2.24, 2.45) is 11.7 Å². The summed E-state index contributed by atoms with van der Waals surface area (Å²) < 4.78 is 5.46. The van der Waals surface area contributed by atoms with E-state index in [9.17, 15) is 9.59 Å². The summed E-state index contributed by atoms with van der Waals surface area (Å²) in [6, 6.07) is 4.88. The Morgan fingerprint density at radius 3 is 2.46 bits per heavy atom. The minimum absolute atomic E-state index is 0. The van der Waals surface area contributed by atoms with Crippen molar-refractivity contribution in [3.8, 4) is 5.75 Å². The number of nitrogens with two attached hydrogens (primary N) is 1. The molecule has 8 heteroatoms. The van der Waals surface area contributed by atoms with Crippen LogP contribution in [-0.4, -0.2) is 43.0 Å². The number of ether oxygens (including phenoxy) is 1. The molecule has 0 bridgehead atoms. The lowest BCUT2D eigenvalue weighted by molar-refractivity contribution is -0.133. The van der Waals surface area contributed by atoms with Gasteiger partial charge >= 0.3 is 0 Å². The van der Waals surface area contributed by atoms with Crippen molar-refractivity contribution >= 4 is 41.5 Å². The molecule has 0 spiro atoms. The number of nitrogens with zero attached hydrogens (tertiary/aromatic N) is 1. The molecule has 136 valence electrons. The Morgan fingerprint density at radius 2 is 1.96 bits per heavy atom. The topological polar surface area (TPSA) is 84.7 Å². The van der Waals surface area contributed by atoms with Crippen LogP contribution in [0.5, 0.6) is 5.75 Å². The van der Waals surface area contributed by atoms with Gasteiger partial charge in [-0.25, -0.2) is 0 Å². The van der Waals surface area contributed by atoms with E-state index in [1.165, 1.54) is 0 Å². The van der Waals surface area contributed by atoms with Crippen LogP contribution in [0.4, 0.5) is 5.69 Å². The first-order valence-electron chi connectivity index (χ1n) is 7.63. The first-order valence-corrected chi connectivity index (χ1v) is 8.01. The zero-order valence-electron chi connectivity index (χ0n) is 14.2. The molecule has 0 fully saturated rings. The van der Waals surface area contributed by atoms with Crippen molar-refractivity contribution in [2.45, 2.75) is 20.8 Å². The van der Waals surface area contributed by atoms with Crippen LogP contribution in [0.15, 0.2) is 18.2 Å². The molecule has 0 aliphatic heterocycles. The van der Waals surface area contributed by atoms with Crippen LogP contribution >= 0.6 is 24.0 Å². The number of anilines is 1. The van der Waals surface area contributed by atoms with E-state index >= 15 is 0 Å². The molecule has 1 unspecified atom stereocenters. The molecular weight excluding hydrogens is 353 g/mol. The van der Waals surface area contributed by atoms with Crippen LogP contribution in [0.25, 0.3) is 0 Å². The van der Waals surface area contributed by atoms with Gasteiger partial charge in [0.25, 0.3) is 5.91 Å². The maximum atomic E-state index is 11.9. The van der Waals surface area contributed by atoms with E-state index in [0.29, 0.717) is 29.5 Å². The van der Waals surface area contributed by atoms with Gasteiger partial charge in [-0.1, -0.05) is 18.5 Å². The van der Waals surface area contributed by atoms with E-state index in [1.54, 1.807) is 30.0 Å². The summed E-state index contributed by atoms with van der Waals surface area (Å²) in [5.74, 6) is -0.150. The molecule has 1 aromatic carbocycles. The fourth-order valence-corrected chi connectivity index (χ4v) is 2.11. The van der Waals surface area contributed by atoms with Gasteiger partial charge in [0.05, 0.1) is 5.02 Å². The summed E-state index contributed by atoms with van der Waals surface area (Å²) in [6.45, 7) is 7.04. The minimum atomic E-state index is -0.281. The van der Waals surface area contributed by atoms with Crippen LogP contribution in [-0.2, 0) is 9.59 Å². The molecular formula is C16H25Cl2N3O3. The highest BCUT2D eigenvalue weighted by Crippen LogP contribution is 2.28. The van der Waals surface area contributed by atoms with Crippen LogP contribution < -0.4 is 15.8 Å². The van der Waals surface area contributed by atoms with E-state index in [-0.39, 0.29) is 43.3 Å². The van der Waals surface area contributed by atoms with Crippen LogP contribution in [0, 0.1) is 5.92 Å². The van der Waals surface area contributed by atoms with E-state index in [0.717, 1.165) is 0 Å². The lowest BCUT2D eigenvalue weighted by atomic mass is 10.1. The van der Waals surface area contributed by atoms with Crippen molar-refractivity contribution in [2.75, 3.05) is 31.6 Å². The maximum Gasteiger partial charge on any atom is 0.260 e. The van der Waals surface area contributed by atoms with Gasteiger partial charge in [-0.3, -0.25) is 9.59 Å². The Bertz CT molecular complexity index is 551. The van der Waals surface area contributed by atoms with Gasteiger partial charge in [0.15, 0.2) is 6.61 Å². The SMILES string of the molecule is CCN(CC)C(=O)COc1ccc(NC(=O)C(C)CN)cc1Cl.Cl. The Labute approximate surface area is 154 Å². The number of amides is 2. The molecule has 0 aliphatic rings. The van der Waals surface area contributed by atoms with Gasteiger partial charge in [-0.05, 0) is 32.0 Å². The van der Waals surface area contributed by atoms with Gasteiger partial charge in [-0.15, -0.1) is 12.4 Å².